The molecule has 0 saturated heterocycles. The van der Waals surface area contributed by atoms with Gasteiger partial charge in [-0.15, -0.1) is 0 Å². The lowest BCUT2D eigenvalue weighted by Crippen LogP contribution is -2.45. The van der Waals surface area contributed by atoms with Crippen LogP contribution in [0.5, 0.6) is 23.0 Å². The molecule has 2 aliphatic heterocycles. The van der Waals surface area contributed by atoms with E-state index in [0.29, 0.717) is 0 Å². The zero-order valence-corrected chi connectivity index (χ0v) is 22.9. The van der Waals surface area contributed by atoms with Gasteiger partial charge in [-0.1, -0.05) is 74.5 Å². The molecule has 2 N–H and O–H groups in total. The third-order valence-electron chi connectivity index (χ3n) is 8.92. The molecule has 6 rings (SSSR count). The molecule has 4 aromatic carbocycles. The fourth-order valence-electron chi connectivity index (χ4n) is 5.84. The molecule has 2 atom stereocenters. The van der Waals surface area contributed by atoms with Crippen LogP contribution in [0.4, 0.5) is 0 Å². The van der Waals surface area contributed by atoms with Crippen LogP contribution in [0.15, 0.2) is 97.1 Å². The van der Waals surface area contributed by atoms with Gasteiger partial charge in [-0.2, -0.15) is 0 Å². The summed E-state index contributed by atoms with van der Waals surface area (Å²) in [7, 11) is 0. The predicted octanol–water partition coefficient (Wildman–Crippen LogP) is 7.85. The molecule has 38 heavy (non-hydrogen) atoms. The highest BCUT2D eigenvalue weighted by Crippen LogP contribution is 2.54. The second kappa shape index (κ2) is 8.83. The van der Waals surface area contributed by atoms with Gasteiger partial charge in [0.2, 0.25) is 0 Å². The quantitative estimate of drug-likeness (QED) is 0.289. The van der Waals surface area contributed by atoms with Gasteiger partial charge in [0.25, 0.3) is 0 Å². The Morgan fingerprint density at radius 2 is 0.947 bits per heavy atom. The molecule has 4 nitrogen and oxygen atoms in total. The topological polar surface area (TPSA) is 58.9 Å². The summed E-state index contributed by atoms with van der Waals surface area (Å²) in [6, 6.07) is 31.1. The average Bonchev–Trinajstić information content (AvgIpc) is 3.23. The summed E-state index contributed by atoms with van der Waals surface area (Å²) in [4.78, 5) is 0. The van der Waals surface area contributed by atoms with Crippen molar-refractivity contribution in [2.45, 2.75) is 63.6 Å². The summed E-state index contributed by atoms with van der Waals surface area (Å²) in [6.45, 7) is 12.9. The van der Waals surface area contributed by atoms with Crippen molar-refractivity contribution in [3.63, 3.8) is 0 Å². The Bertz CT molecular complexity index is 1450. The van der Waals surface area contributed by atoms with Gasteiger partial charge in [0.05, 0.1) is 5.41 Å². The van der Waals surface area contributed by atoms with E-state index in [1.165, 1.54) is 11.1 Å². The fourth-order valence-corrected chi connectivity index (χ4v) is 5.84. The van der Waals surface area contributed by atoms with Gasteiger partial charge >= 0.3 is 0 Å². The number of fused-ring (bicyclic) bond motifs is 2. The number of aromatic hydroxyl groups is 2. The zero-order valence-electron chi connectivity index (χ0n) is 22.9. The van der Waals surface area contributed by atoms with Crippen LogP contribution < -0.4 is 9.47 Å². The van der Waals surface area contributed by atoms with Gasteiger partial charge in [0.1, 0.15) is 34.2 Å². The predicted molar refractivity (Wildman–Crippen MR) is 151 cm³/mol. The molecule has 0 bridgehead atoms. The van der Waals surface area contributed by atoms with E-state index in [4.69, 9.17) is 9.47 Å². The molecule has 4 aromatic rings. The first kappa shape index (κ1) is 25.7. The van der Waals surface area contributed by atoms with E-state index < -0.39 is 5.60 Å². The van der Waals surface area contributed by atoms with E-state index in [0.717, 1.165) is 22.6 Å². The molecule has 4 heteroatoms. The number of benzene rings is 4. The standard InChI is InChI=1S/2C17H18O2/c1-16(2)17(3,12-8-10-13(18)11-9-12)14-6-4-5-7-15(14)19-16;1-16(2)14-6-4-5-7-15(14)19-17(16,3)12-8-10-13(18)11-9-12/h2*4-11,18H,1-3H3. The number of hydrogen-bond acceptors (Lipinski definition) is 4. The second-order valence-corrected chi connectivity index (χ2v) is 11.6. The van der Waals surface area contributed by atoms with Gasteiger partial charge in [-0.05, 0) is 75.2 Å². The first-order valence-electron chi connectivity index (χ1n) is 13.1. The lowest BCUT2D eigenvalue weighted by Gasteiger charge is -2.37. The van der Waals surface area contributed by atoms with Crippen LogP contribution in [0, 0.1) is 0 Å². The maximum Gasteiger partial charge on any atom is 0.140 e. The van der Waals surface area contributed by atoms with Gasteiger partial charge in [0.15, 0.2) is 0 Å². The summed E-state index contributed by atoms with van der Waals surface area (Å²) in [5.74, 6) is 2.46. The molecule has 0 radical (unpaired) electrons. The van der Waals surface area contributed by atoms with Crippen LogP contribution in [0.2, 0.25) is 0 Å². The minimum atomic E-state index is -0.426. The molecule has 0 amide bonds. The highest BCUT2D eigenvalue weighted by atomic mass is 16.5. The number of para-hydroxylation sites is 2. The van der Waals surface area contributed by atoms with Crippen LogP contribution in [-0.2, 0) is 16.4 Å². The zero-order chi connectivity index (χ0) is 27.3. The molecule has 196 valence electrons. The van der Waals surface area contributed by atoms with Crippen LogP contribution in [0.3, 0.4) is 0 Å². The Morgan fingerprint density at radius 1 is 0.500 bits per heavy atom. The fraction of sp³-hybridized carbons (Fsp3) is 0.294. The summed E-state index contributed by atoms with van der Waals surface area (Å²) in [5.41, 5.74) is 3.55. The molecule has 0 spiro atoms. The molecular formula is C34H36O4. The smallest absolute Gasteiger partial charge is 0.140 e. The SMILES string of the molecule is CC1(C)Oc2ccccc2C1(C)c1ccc(O)cc1.CC1(C)c2ccccc2OC1(C)c1ccc(O)cc1. The van der Waals surface area contributed by atoms with E-state index in [-0.39, 0.29) is 27.9 Å². The third-order valence-corrected chi connectivity index (χ3v) is 8.92. The molecular weight excluding hydrogens is 472 g/mol. The molecule has 2 unspecified atom stereocenters. The number of phenolic OH excluding ortho intramolecular Hbond substituents is 2. The van der Waals surface area contributed by atoms with Crippen molar-refractivity contribution in [3.8, 4) is 23.0 Å². The van der Waals surface area contributed by atoms with Crippen molar-refractivity contribution < 1.29 is 19.7 Å². The van der Waals surface area contributed by atoms with Crippen molar-refractivity contribution in [3.05, 3.63) is 119 Å². The Kier molecular flexibility index (Phi) is 5.98. The Hall–Kier alpha value is -3.92. The largest absolute Gasteiger partial charge is 0.508 e. The Labute approximate surface area is 225 Å². The van der Waals surface area contributed by atoms with Crippen LogP contribution >= 0.6 is 0 Å². The van der Waals surface area contributed by atoms with Crippen LogP contribution in [0.25, 0.3) is 0 Å². The molecule has 2 aliphatic rings. The molecule has 0 fully saturated rings. The maximum absolute atomic E-state index is 9.48. The van der Waals surface area contributed by atoms with Gasteiger partial charge in [-0.3, -0.25) is 0 Å². The van der Waals surface area contributed by atoms with Crippen molar-refractivity contribution in [2.75, 3.05) is 0 Å². The summed E-state index contributed by atoms with van der Waals surface area (Å²) < 4.78 is 12.4. The second-order valence-electron chi connectivity index (χ2n) is 11.6. The highest BCUT2D eigenvalue weighted by Gasteiger charge is 2.53. The number of hydrogen-bond donors (Lipinski definition) is 2. The van der Waals surface area contributed by atoms with E-state index in [1.807, 2.05) is 60.7 Å². The van der Waals surface area contributed by atoms with Gasteiger partial charge < -0.3 is 19.7 Å². The molecule has 0 aliphatic carbocycles. The highest BCUT2D eigenvalue weighted by molar-refractivity contribution is 5.54. The van der Waals surface area contributed by atoms with Crippen LogP contribution in [0.1, 0.15) is 63.8 Å². The Balaban J connectivity index is 0.000000155. The summed E-state index contributed by atoms with van der Waals surface area (Å²) in [6.07, 6.45) is 0. The van der Waals surface area contributed by atoms with E-state index in [9.17, 15) is 10.2 Å². The minimum absolute atomic E-state index is 0.124. The van der Waals surface area contributed by atoms with Gasteiger partial charge in [0, 0.05) is 16.5 Å². The van der Waals surface area contributed by atoms with Crippen molar-refractivity contribution in [1.82, 2.24) is 0 Å². The monoisotopic (exact) mass is 508 g/mol. The third kappa shape index (κ3) is 3.82. The first-order valence-corrected chi connectivity index (χ1v) is 13.1. The van der Waals surface area contributed by atoms with E-state index in [1.54, 1.807) is 24.3 Å². The summed E-state index contributed by atoms with van der Waals surface area (Å²) >= 11 is 0. The lowest BCUT2D eigenvalue weighted by molar-refractivity contribution is 0.0479. The van der Waals surface area contributed by atoms with Crippen LogP contribution in [-0.4, -0.2) is 15.8 Å². The van der Waals surface area contributed by atoms with Crippen molar-refractivity contribution in [1.29, 1.82) is 0 Å². The first-order chi connectivity index (χ1) is 17.9. The Morgan fingerprint density at radius 3 is 1.47 bits per heavy atom. The van der Waals surface area contributed by atoms with E-state index >= 15 is 0 Å². The normalized spacial score (nSPS) is 23.7. The molecule has 0 saturated carbocycles. The minimum Gasteiger partial charge on any atom is -0.508 e. The number of rotatable bonds is 2. The lowest BCUT2D eigenvalue weighted by atomic mass is 9.67. The number of ether oxygens (including phenoxy) is 2. The van der Waals surface area contributed by atoms with Gasteiger partial charge in [-0.25, -0.2) is 0 Å². The average molecular weight is 509 g/mol. The van der Waals surface area contributed by atoms with E-state index in [2.05, 4.69) is 53.7 Å². The maximum atomic E-state index is 9.48. The summed E-state index contributed by atoms with van der Waals surface area (Å²) in [5, 5.41) is 18.9. The van der Waals surface area contributed by atoms with Crippen molar-refractivity contribution >= 4 is 0 Å². The molecule has 0 aromatic heterocycles. The molecule has 2 heterocycles. The number of phenols is 2. The van der Waals surface area contributed by atoms with Crippen molar-refractivity contribution in [2.24, 2.45) is 0 Å².